The lowest BCUT2D eigenvalue weighted by molar-refractivity contribution is -0.151. The third-order valence-electron chi connectivity index (χ3n) is 6.47. The highest BCUT2D eigenvalue weighted by molar-refractivity contribution is 5.86. The minimum absolute atomic E-state index is 0.0358. The number of carbonyl (C=O) groups is 2. The Balaban J connectivity index is 1.66. The van der Waals surface area contributed by atoms with Gasteiger partial charge in [-0.1, -0.05) is 30.3 Å². The van der Waals surface area contributed by atoms with Crippen LogP contribution in [0.5, 0.6) is 0 Å². The fraction of sp³-hybridized carbons (Fsp3) is 0.480. The summed E-state index contributed by atoms with van der Waals surface area (Å²) in [4.78, 5) is 34.4. The SMILES string of the molecule is CN(C)C(=O)[C@]1(Cc2ccccc2-c2cccnc2)CCCN(C(=O)[C@@H]2CCCO2)C1. The molecule has 4 rings (SSSR count). The number of nitrogens with zero attached hydrogens (tertiary/aromatic N) is 3. The lowest BCUT2D eigenvalue weighted by atomic mass is 9.72. The Labute approximate surface area is 184 Å². The molecule has 1 aromatic carbocycles. The number of benzene rings is 1. The fourth-order valence-electron chi connectivity index (χ4n) is 5.01. The van der Waals surface area contributed by atoms with Gasteiger partial charge in [-0.15, -0.1) is 0 Å². The van der Waals surface area contributed by atoms with Crippen molar-refractivity contribution in [1.29, 1.82) is 0 Å². The molecule has 0 saturated carbocycles. The Hall–Kier alpha value is -2.73. The van der Waals surface area contributed by atoms with Gasteiger partial charge in [-0.25, -0.2) is 0 Å². The number of carbonyl (C=O) groups excluding carboxylic acids is 2. The molecule has 1 aromatic heterocycles. The summed E-state index contributed by atoms with van der Waals surface area (Å²) in [5.41, 5.74) is 2.59. The van der Waals surface area contributed by atoms with Crippen molar-refractivity contribution in [1.82, 2.24) is 14.8 Å². The molecule has 2 saturated heterocycles. The van der Waals surface area contributed by atoms with Crippen LogP contribution in [0.2, 0.25) is 0 Å². The summed E-state index contributed by atoms with van der Waals surface area (Å²) >= 11 is 0. The van der Waals surface area contributed by atoms with Gasteiger partial charge in [-0.3, -0.25) is 14.6 Å². The average molecular weight is 422 g/mol. The van der Waals surface area contributed by atoms with Gasteiger partial charge < -0.3 is 14.5 Å². The summed E-state index contributed by atoms with van der Waals surface area (Å²) in [6, 6.07) is 12.2. The maximum absolute atomic E-state index is 13.5. The van der Waals surface area contributed by atoms with Crippen molar-refractivity contribution in [3.05, 3.63) is 54.4 Å². The third-order valence-corrected chi connectivity index (χ3v) is 6.47. The zero-order valence-electron chi connectivity index (χ0n) is 18.4. The van der Waals surface area contributed by atoms with Crippen LogP contribution < -0.4 is 0 Å². The molecule has 0 unspecified atom stereocenters. The predicted octanol–water partition coefficient (Wildman–Crippen LogP) is 3.17. The molecule has 164 valence electrons. The van der Waals surface area contributed by atoms with E-state index in [1.807, 2.05) is 35.4 Å². The van der Waals surface area contributed by atoms with Gasteiger partial charge in [0, 0.05) is 51.7 Å². The van der Waals surface area contributed by atoms with Gasteiger partial charge in [-0.05, 0) is 49.3 Å². The minimum Gasteiger partial charge on any atom is -0.368 e. The van der Waals surface area contributed by atoms with Crippen LogP contribution in [-0.4, -0.2) is 66.5 Å². The molecule has 0 aliphatic carbocycles. The van der Waals surface area contributed by atoms with E-state index in [2.05, 4.69) is 17.1 Å². The Morgan fingerprint density at radius 1 is 1.19 bits per heavy atom. The molecule has 6 nitrogen and oxygen atoms in total. The smallest absolute Gasteiger partial charge is 0.251 e. The average Bonchev–Trinajstić information content (AvgIpc) is 3.34. The number of hydrogen-bond acceptors (Lipinski definition) is 4. The lowest BCUT2D eigenvalue weighted by Gasteiger charge is -2.44. The predicted molar refractivity (Wildman–Crippen MR) is 119 cm³/mol. The Morgan fingerprint density at radius 2 is 2.03 bits per heavy atom. The molecule has 2 aliphatic rings. The molecule has 31 heavy (non-hydrogen) atoms. The van der Waals surface area contributed by atoms with Crippen LogP contribution in [0.1, 0.15) is 31.2 Å². The number of pyridine rings is 1. The molecule has 0 N–H and O–H groups in total. The third kappa shape index (κ3) is 4.49. The van der Waals surface area contributed by atoms with Crippen molar-refractivity contribution in [2.75, 3.05) is 33.8 Å². The standard InChI is InChI=1S/C25H31N3O3/c1-27(2)24(30)25(12-7-14-28(18-25)23(29)22-11-6-15-31-22)16-19-8-3-4-10-21(19)20-9-5-13-26-17-20/h3-5,8-10,13,17,22H,6-7,11-12,14-16,18H2,1-2H3/t22-,25-/m0/s1. The summed E-state index contributed by atoms with van der Waals surface area (Å²) in [7, 11) is 3.61. The number of hydrogen-bond donors (Lipinski definition) is 0. The first-order valence-corrected chi connectivity index (χ1v) is 11.1. The second-order valence-corrected chi connectivity index (χ2v) is 8.92. The highest BCUT2D eigenvalue weighted by atomic mass is 16.5. The van der Waals surface area contributed by atoms with Gasteiger partial charge in [0.15, 0.2) is 0 Å². The van der Waals surface area contributed by atoms with Crippen molar-refractivity contribution >= 4 is 11.8 Å². The first-order valence-electron chi connectivity index (χ1n) is 11.1. The number of rotatable bonds is 5. The molecule has 2 aromatic rings. The fourth-order valence-corrected chi connectivity index (χ4v) is 5.01. The number of ether oxygens (including phenoxy) is 1. The molecular weight excluding hydrogens is 390 g/mol. The van der Waals surface area contributed by atoms with Crippen LogP contribution >= 0.6 is 0 Å². The molecule has 3 heterocycles. The summed E-state index contributed by atoms with van der Waals surface area (Å²) in [5, 5.41) is 0. The highest BCUT2D eigenvalue weighted by Crippen LogP contribution is 2.38. The number of piperidine rings is 1. The zero-order chi connectivity index (χ0) is 21.8. The Kier molecular flexibility index (Phi) is 6.37. The van der Waals surface area contributed by atoms with Crippen LogP contribution in [0.3, 0.4) is 0 Å². The molecule has 0 bridgehead atoms. The van der Waals surface area contributed by atoms with E-state index >= 15 is 0 Å². The van der Waals surface area contributed by atoms with E-state index < -0.39 is 5.41 Å². The largest absolute Gasteiger partial charge is 0.368 e. The second kappa shape index (κ2) is 9.18. The van der Waals surface area contributed by atoms with Gasteiger partial charge in [0.25, 0.3) is 5.91 Å². The monoisotopic (exact) mass is 421 g/mol. The summed E-state index contributed by atoms with van der Waals surface area (Å²) in [6.45, 7) is 1.76. The quantitative estimate of drug-likeness (QED) is 0.744. The van der Waals surface area contributed by atoms with E-state index in [0.29, 0.717) is 26.1 Å². The molecule has 0 spiro atoms. The molecule has 2 amide bonds. The maximum atomic E-state index is 13.5. The molecule has 6 heteroatoms. The Morgan fingerprint density at radius 3 is 2.74 bits per heavy atom. The minimum atomic E-state index is -0.645. The molecule has 2 fully saturated rings. The van der Waals surface area contributed by atoms with Gasteiger partial charge in [0.2, 0.25) is 5.91 Å². The van der Waals surface area contributed by atoms with E-state index in [0.717, 1.165) is 42.4 Å². The first kappa shape index (κ1) is 21.5. The van der Waals surface area contributed by atoms with E-state index in [4.69, 9.17) is 4.74 Å². The van der Waals surface area contributed by atoms with E-state index in [1.165, 1.54) is 0 Å². The highest BCUT2D eigenvalue weighted by Gasteiger charge is 2.45. The van der Waals surface area contributed by atoms with E-state index in [9.17, 15) is 9.59 Å². The van der Waals surface area contributed by atoms with E-state index in [-0.39, 0.29) is 17.9 Å². The summed E-state index contributed by atoms with van der Waals surface area (Å²) in [5.74, 6) is 0.118. The van der Waals surface area contributed by atoms with Crippen LogP contribution in [0, 0.1) is 5.41 Å². The van der Waals surface area contributed by atoms with Gasteiger partial charge >= 0.3 is 0 Å². The molecule has 0 radical (unpaired) electrons. The zero-order valence-corrected chi connectivity index (χ0v) is 18.4. The normalized spacial score (nSPS) is 23.5. The van der Waals surface area contributed by atoms with Crippen molar-refractivity contribution in [3.8, 4) is 11.1 Å². The lowest BCUT2D eigenvalue weighted by Crippen LogP contribution is -2.55. The van der Waals surface area contributed by atoms with Gasteiger partial charge in [0.05, 0.1) is 5.41 Å². The Bertz CT molecular complexity index is 925. The summed E-state index contributed by atoms with van der Waals surface area (Å²) < 4.78 is 5.65. The van der Waals surface area contributed by atoms with Crippen LogP contribution in [0.4, 0.5) is 0 Å². The maximum Gasteiger partial charge on any atom is 0.251 e. The number of amides is 2. The molecular formula is C25H31N3O3. The summed E-state index contributed by atoms with van der Waals surface area (Å²) in [6.07, 6.45) is 7.12. The topological polar surface area (TPSA) is 62.7 Å². The van der Waals surface area contributed by atoms with E-state index in [1.54, 1.807) is 25.2 Å². The van der Waals surface area contributed by atoms with Crippen molar-refractivity contribution < 1.29 is 14.3 Å². The number of likely N-dealkylation sites (tertiary alicyclic amines) is 1. The van der Waals surface area contributed by atoms with Crippen molar-refractivity contribution in [2.45, 2.75) is 38.2 Å². The number of aromatic nitrogens is 1. The van der Waals surface area contributed by atoms with Gasteiger partial charge in [-0.2, -0.15) is 0 Å². The molecule has 2 atom stereocenters. The van der Waals surface area contributed by atoms with Crippen LogP contribution in [0.25, 0.3) is 11.1 Å². The van der Waals surface area contributed by atoms with Gasteiger partial charge in [0.1, 0.15) is 6.10 Å². The van der Waals surface area contributed by atoms with Crippen molar-refractivity contribution in [3.63, 3.8) is 0 Å². The van der Waals surface area contributed by atoms with Crippen LogP contribution in [-0.2, 0) is 20.7 Å². The second-order valence-electron chi connectivity index (χ2n) is 8.92. The van der Waals surface area contributed by atoms with Crippen LogP contribution in [0.15, 0.2) is 48.8 Å². The first-order chi connectivity index (χ1) is 15.0. The van der Waals surface area contributed by atoms with Crippen molar-refractivity contribution in [2.24, 2.45) is 5.41 Å². The molecule has 2 aliphatic heterocycles.